The number of likely N-dealkylation sites (N-methyl/N-ethyl adjacent to an activating group) is 1. The normalized spacial score (nSPS) is 19.5. The van der Waals surface area contributed by atoms with Crippen LogP contribution in [0.15, 0.2) is 30.3 Å². The first kappa shape index (κ1) is 24.5. The molecule has 0 bridgehead atoms. The van der Waals surface area contributed by atoms with Crippen LogP contribution in [0.2, 0.25) is 0 Å². The van der Waals surface area contributed by atoms with E-state index in [0.29, 0.717) is 25.8 Å². The van der Waals surface area contributed by atoms with E-state index in [1.807, 2.05) is 30.3 Å². The van der Waals surface area contributed by atoms with Crippen LogP contribution in [0, 0.1) is 0 Å². The number of nitrogens with one attached hydrogen (secondary N) is 2. The Hall–Kier alpha value is -3.10. The molecule has 4 amide bonds. The number of carboxylic acid groups (broad SMARTS) is 1. The molecule has 180 valence electrons. The molecule has 1 aromatic rings. The molecule has 2 fully saturated rings. The number of ketones is 1. The van der Waals surface area contributed by atoms with Gasteiger partial charge in [-0.3, -0.25) is 4.79 Å². The number of carbonyl (C=O) groups is 4. The van der Waals surface area contributed by atoms with E-state index in [4.69, 9.17) is 0 Å². The molecule has 3 rings (SSSR count). The number of hydrogen-bond donors (Lipinski definition) is 3. The predicted octanol–water partition coefficient (Wildman–Crippen LogP) is 2.40. The van der Waals surface area contributed by atoms with E-state index >= 15 is 0 Å². The highest BCUT2D eigenvalue weighted by Crippen LogP contribution is 2.19. The Labute approximate surface area is 194 Å². The van der Waals surface area contributed by atoms with Crippen molar-refractivity contribution >= 4 is 23.8 Å². The number of benzene rings is 1. The zero-order valence-electron chi connectivity index (χ0n) is 19.2. The van der Waals surface area contributed by atoms with Crippen LogP contribution in [0.25, 0.3) is 0 Å². The Morgan fingerprint density at radius 1 is 1.06 bits per heavy atom. The highest BCUT2D eigenvalue weighted by Gasteiger charge is 2.36. The van der Waals surface area contributed by atoms with E-state index in [9.17, 15) is 24.3 Å². The molecule has 0 aromatic heterocycles. The van der Waals surface area contributed by atoms with Crippen molar-refractivity contribution in [3.63, 3.8) is 0 Å². The molecule has 2 aliphatic rings. The molecule has 2 atom stereocenters. The third kappa shape index (κ3) is 6.94. The van der Waals surface area contributed by atoms with E-state index in [1.165, 1.54) is 23.3 Å². The average Bonchev–Trinajstić information content (AvgIpc) is 3.29. The second-order valence-corrected chi connectivity index (χ2v) is 8.99. The summed E-state index contributed by atoms with van der Waals surface area (Å²) in [5.41, 5.74) is 0.897. The topological polar surface area (TPSA) is 119 Å². The summed E-state index contributed by atoms with van der Waals surface area (Å²) in [4.78, 5) is 52.5. The van der Waals surface area contributed by atoms with Gasteiger partial charge in [-0.2, -0.15) is 0 Å². The van der Waals surface area contributed by atoms with Crippen LogP contribution in [0.3, 0.4) is 0 Å². The first-order valence-corrected chi connectivity index (χ1v) is 11.7. The van der Waals surface area contributed by atoms with Gasteiger partial charge in [-0.1, -0.05) is 49.6 Å². The predicted molar refractivity (Wildman–Crippen MR) is 123 cm³/mol. The van der Waals surface area contributed by atoms with Gasteiger partial charge in [0, 0.05) is 19.6 Å². The second kappa shape index (κ2) is 11.7. The van der Waals surface area contributed by atoms with Gasteiger partial charge < -0.3 is 25.5 Å². The molecule has 1 saturated carbocycles. The molecule has 0 spiro atoms. The highest BCUT2D eigenvalue weighted by atomic mass is 16.4. The van der Waals surface area contributed by atoms with Gasteiger partial charge in [0.05, 0.1) is 12.6 Å². The minimum atomic E-state index is -1.04. The molecule has 9 nitrogen and oxygen atoms in total. The fraction of sp³-hybridized carbons (Fsp3) is 0.583. The maximum atomic E-state index is 13.1. The molecule has 1 aliphatic carbocycles. The van der Waals surface area contributed by atoms with Crippen molar-refractivity contribution in [3.8, 4) is 0 Å². The summed E-state index contributed by atoms with van der Waals surface area (Å²) in [5, 5.41) is 15.1. The molecule has 3 N–H and O–H groups in total. The number of carbonyl (C=O) groups excluding carboxylic acids is 3. The number of Topliss-reactive ketones (excluding diaryl/α,β-unsaturated/α-hetero) is 1. The van der Waals surface area contributed by atoms with Gasteiger partial charge in [-0.15, -0.1) is 0 Å². The summed E-state index contributed by atoms with van der Waals surface area (Å²) in [7, 11) is 1.49. The minimum Gasteiger partial charge on any atom is -0.480 e. The zero-order valence-corrected chi connectivity index (χ0v) is 19.2. The van der Waals surface area contributed by atoms with Crippen LogP contribution in [0.1, 0.15) is 50.5 Å². The van der Waals surface area contributed by atoms with Gasteiger partial charge in [0.15, 0.2) is 5.78 Å². The van der Waals surface area contributed by atoms with E-state index < -0.39 is 24.1 Å². The molecule has 0 unspecified atom stereocenters. The number of carboxylic acids is 1. The second-order valence-electron chi connectivity index (χ2n) is 8.99. The minimum absolute atomic E-state index is 0.110. The zero-order chi connectivity index (χ0) is 23.8. The molecule has 1 heterocycles. The first-order valence-electron chi connectivity index (χ1n) is 11.7. The van der Waals surface area contributed by atoms with Crippen LogP contribution < -0.4 is 10.6 Å². The van der Waals surface area contributed by atoms with E-state index in [-0.39, 0.29) is 24.4 Å². The fourth-order valence-corrected chi connectivity index (χ4v) is 4.61. The Morgan fingerprint density at radius 3 is 2.42 bits per heavy atom. The molecule has 1 saturated heterocycles. The van der Waals surface area contributed by atoms with E-state index in [2.05, 4.69) is 10.6 Å². The monoisotopic (exact) mass is 458 g/mol. The highest BCUT2D eigenvalue weighted by molar-refractivity contribution is 5.93. The van der Waals surface area contributed by atoms with Crippen LogP contribution >= 0.6 is 0 Å². The van der Waals surface area contributed by atoms with Crippen molar-refractivity contribution in [1.82, 2.24) is 20.4 Å². The van der Waals surface area contributed by atoms with Crippen LogP contribution in [0.5, 0.6) is 0 Å². The molecular weight excluding hydrogens is 424 g/mol. The number of rotatable bonds is 8. The smallest absolute Gasteiger partial charge is 0.326 e. The maximum absolute atomic E-state index is 13.1. The third-order valence-electron chi connectivity index (χ3n) is 6.42. The van der Waals surface area contributed by atoms with Crippen molar-refractivity contribution in [1.29, 1.82) is 0 Å². The van der Waals surface area contributed by atoms with Gasteiger partial charge in [-0.25, -0.2) is 14.4 Å². The van der Waals surface area contributed by atoms with Crippen LogP contribution in [-0.2, 0) is 16.0 Å². The lowest BCUT2D eigenvalue weighted by Gasteiger charge is -2.29. The fourth-order valence-electron chi connectivity index (χ4n) is 4.61. The van der Waals surface area contributed by atoms with Gasteiger partial charge >= 0.3 is 18.0 Å². The summed E-state index contributed by atoms with van der Waals surface area (Å²) in [6, 6.07) is 6.96. The first-order chi connectivity index (χ1) is 15.8. The maximum Gasteiger partial charge on any atom is 0.326 e. The summed E-state index contributed by atoms with van der Waals surface area (Å²) in [6.45, 7) is 0.132. The third-order valence-corrected chi connectivity index (χ3v) is 6.42. The Kier molecular flexibility index (Phi) is 8.68. The van der Waals surface area contributed by atoms with Gasteiger partial charge in [0.25, 0.3) is 0 Å². The molecule has 1 aromatic carbocycles. The lowest BCUT2D eigenvalue weighted by Crippen LogP contribution is -2.53. The Balaban J connectivity index is 1.64. The largest absolute Gasteiger partial charge is 0.480 e. The molecule has 9 heteroatoms. The summed E-state index contributed by atoms with van der Waals surface area (Å²) >= 11 is 0. The number of amides is 4. The summed E-state index contributed by atoms with van der Waals surface area (Å²) < 4.78 is 0. The number of urea groups is 2. The standard InChI is InChI=1S/C24H34N4O5/c1-27(24(33)28-14-8-13-20(28)22(30)31)16-21(29)19(15-17-9-4-2-5-10-17)26-23(32)25-18-11-6-3-7-12-18/h2,4-5,9-10,18-20H,3,6-8,11-16H2,1H3,(H,30,31)(H2,25,26,32)/t19-,20-/m0/s1. The van der Waals surface area contributed by atoms with E-state index in [1.54, 1.807) is 0 Å². The van der Waals surface area contributed by atoms with Gasteiger partial charge in [0.2, 0.25) is 0 Å². The Morgan fingerprint density at radius 2 is 1.76 bits per heavy atom. The SMILES string of the molecule is CN(CC(=O)[C@H](Cc1ccccc1)NC(=O)NC1CCCCC1)C(=O)N1CCC[C@H]1C(=O)O. The van der Waals surface area contributed by atoms with Crippen molar-refractivity contribution in [2.75, 3.05) is 20.1 Å². The van der Waals surface area contributed by atoms with Crippen LogP contribution in [-0.4, -0.2) is 77.0 Å². The van der Waals surface area contributed by atoms with Crippen molar-refractivity contribution in [2.45, 2.75) is 69.5 Å². The number of likely N-dealkylation sites (tertiary alicyclic amines) is 1. The Bertz CT molecular complexity index is 841. The molecule has 33 heavy (non-hydrogen) atoms. The molecule has 0 radical (unpaired) electrons. The molecule has 1 aliphatic heterocycles. The van der Waals surface area contributed by atoms with Gasteiger partial charge in [-0.05, 0) is 37.7 Å². The van der Waals surface area contributed by atoms with Crippen LogP contribution in [0.4, 0.5) is 9.59 Å². The summed E-state index contributed by atoms with van der Waals surface area (Å²) in [6.07, 6.45) is 6.53. The number of nitrogens with zero attached hydrogens (tertiary/aromatic N) is 2. The van der Waals surface area contributed by atoms with Gasteiger partial charge in [0.1, 0.15) is 6.04 Å². The molecular formula is C24H34N4O5. The average molecular weight is 459 g/mol. The van der Waals surface area contributed by atoms with Crippen molar-refractivity contribution < 1.29 is 24.3 Å². The lowest BCUT2D eigenvalue weighted by atomic mass is 9.96. The quantitative estimate of drug-likeness (QED) is 0.553. The van der Waals surface area contributed by atoms with Crippen molar-refractivity contribution in [3.05, 3.63) is 35.9 Å². The van der Waals surface area contributed by atoms with E-state index in [0.717, 1.165) is 31.2 Å². The number of hydrogen-bond acceptors (Lipinski definition) is 4. The lowest BCUT2D eigenvalue weighted by molar-refractivity contribution is -0.141. The number of aliphatic carboxylic acids is 1. The summed E-state index contributed by atoms with van der Waals surface area (Å²) in [5.74, 6) is -1.34. The van der Waals surface area contributed by atoms with Crippen molar-refractivity contribution in [2.24, 2.45) is 0 Å².